The van der Waals surface area contributed by atoms with Crippen molar-refractivity contribution >= 4 is 17.1 Å². The molecule has 1 aromatic heterocycles. The van der Waals surface area contributed by atoms with E-state index in [9.17, 15) is 4.79 Å². The van der Waals surface area contributed by atoms with Gasteiger partial charge in [0.15, 0.2) is 0 Å². The van der Waals surface area contributed by atoms with E-state index in [1.54, 1.807) is 0 Å². The normalized spacial score (nSPS) is 30.9. The average Bonchev–Trinajstić information content (AvgIpc) is 3.10. The summed E-state index contributed by atoms with van der Waals surface area (Å²) in [5.74, 6) is 1.91. The molecule has 0 amide bonds. The molecule has 0 radical (unpaired) electrons. The van der Waals surface area contributed by atoms with Crippen molar-refractivity contribution in [2.75, 3.05) is 6.54 Å². The van der Waals surface area contributed by atoms with E-state index in [-0.39, 0.29) is 5.92 Å². The highest BCUT2D eigenvalue weighted by Crippen LogP contribution is 2.35. The van der Waals surface area contributed by atoms with Crippen molar-refractivity contribution in [1.82, 2.24) is 4.90 Å². The number of nitrogens with zero attached hydrogens (tertiary/aromatic N) is 1. The van der Waals surface area contributed by atoms with Crippen molar-refractivity contribution in [2.45, 2.75) is 52.1 Å². The molecule has 3 unspecified atom stereocenters. The maximum absolute atomic E-state index is 12.4. The van der Waals surface area contributed by atoms with E-state index < -0.39 is 0 Å². The Balaban J connectivity index is 1.65. The molecule has 0 bridgehead atoms. The maximum Gasteiger partial charge on any atom is 0.137 e. The lowest BCUT2D eigenvalue weighted by Crippen LogP contribution is -2.40. The van der Waals surface area contributed by atoms with Crippen molar-refractivity contribution in [3.8, 4) is 0 Å². The Labute approximate surface area is 126 Å². The minimum atomic E-state index is 0.270. The first-order valence-electron chi connectivity index (χ1n) is 7.92. The van der Waals surface area contributed by atoms with Gasteiger partial charge >= 0.3 is 0 Å². The Morgan fingerprint density at radius 1 is 1.35 bits per heavy atom. The molecule has 2 aliphatic rings. The fraction of sp³-hybridized carbons (Fsp3) is 0.706. The van der Waals surface area contributed by atoms with Gasteiger partial charge in [0.1, 0.15) is 5.78 Å². The molecular formula is C17H25NOS. The SMILES string of the molecule is CC1CC(=O)C(CN(Cc2cccs2)C2CC2)C(C)C1. The first kappa shape index (κ1) is 14.3. The highest BCUT2D eigenvalue weighted by atomic mass is 32.1. The van der Waals surface area contributed by atoms with Crippen LogP contribution in [0.25, 0.3) is 0 Å². The molecule has 110 valence electrons. The molecule has 2 saturated carbocycles. The molecule has 0 aliphatic heterocycles. The number of hydrogen-bond acceptors (Lipinski definition) is 3. The molecule has 20 heavy (non-hydrogen) atoms. The molecule has 0 saturated heterocycles. The molecule has 3 atom stereocenters. The summed E-state index contributed by atoms with van der Waals surface area (Å²) in [4.78, 5) is 16.4. The second-order valence-electron chi connectivity index (χ2n) is 6.84. The van der Waals surface area contributed by atoms with Gasteiger partial charge < -0.3 is 0 Å². The van der Waals surface area contributed by atoms with E-state index >= 15 is 0 Å². The highest BCUT2D eigenvalue weighted by molar-refractivity contribution is 7.09. The van der Waals surface area contributed by atoms with Crippen molar-refractivity contribution in [3.05, 3.63) is 22.4 Å². The van der Waals surface area contributed by atoms with Crippen molar-refractivity contribution in [3.63, 3.8) is 0 Å². The van der Waals surface area contributed by atoms with Crippen LogP contribution in [-0.4, -0.2) is 23.3 Å². The summed E-state index contributed by atoms with van der Waals surface area (Å²) in [5.41, 5.74) is 0. The summed E-state index contributed by atoms with van der Waals surface area (Å²) >= 11 is 1.83. The number of thiophene rings is 1. The van der Waals surface area contributed by atoms with Gasteiger partial charge in [0.05, 0.1) is 0 Å². The van der Waals surface area contributed by atoms with E-state index in [4.69, 9.17) is 0 Å². The van der Waals surface area contributed by atoms with Gasteiger partial charge in [0.2, 0.25) is 0 Å². The Kier molecular flexibility index (Phi) is 4.27. The van der Waals surface area contributed by atoms with Gasteiger partial charge in [-0.1, -0.05) is 19.9 Å². The van der Waals surface area contributed by atoms with Crippen LogP contribution in [0.15, 0.2) is 17.5 Å². The Bertz CT molecular complexity index is 452. The van der Waals surface area contributed by atoms with Crippen LogP contribution in [0.1, 0.15) is 44.4 Å². The number of carbonyl (C=O) groups is 1. The molecule has 0 N–H and O–H groups in total. The number of carbonyl (C=O) groups excluding carboxylic acids is 1. The summed E-state index contributed by atoms with van der Waals surface area (Å²) < 4.78 is 0. The van der Waals surface area contributed by atoms with Crippen molar-refractivity contribution < 1.29 is 4.79 Å². The van der Waals surface area contributed by atoms with E-state index in [1.165, 1.54) is 24.1 Å². The summed E-state index contributed by atoms with van der Waals surface area (Å²) in [6.07, 6.45) is 4.65. The van der Waals surface area contributed by atoms with Crippen LogP contribution in [-0.2, 0) is 11.3 Å². The second kappa shape index (κ2) is 5.98. The van der Waals surface area contributed by atoms with Crippen LogP contribution < -0.4 is 0 Å². The first-order valence-corrected chi connectivity index (χ1v) is 8.80. The van der Waals surface area contributed by atoms with Crippen molar-refractivity contribution in [1.29, 1.82) is 0 Å². The van der Waals surface area contributed by atoms with Crippen LogP contribution in [0.5, 0.6) is 0 Å². The Morgan fingerprint density at radius 2 is 2.15 bits per heavy atom. The maximum atomic E-state index is 12.4. The number of Topliss-reactive ketones (excluding diaryl/α,β-unsaturated/α-hetero) is 1. The third kappa shape index (κ3) is 3.32. The molecule has 0 aromatic carbocycles. The van der Waals surface area contributed by atoms with Crippen LogP contribution in [0.3, 0.4) is 0 Å². The summed E-state index contributed by atoms with van der Waals surface area (Å²) in [6, 6.07) is 5.08. The van der Waals surface area contributed by atoms with Crippen molar-refractivity contribution in [2.24, 2.45) is 17.8 Å². The highest BCUT2D eigenvalue weighted by Gasteiger charge is 2.37. The third-order valence-electron chi connectivity index (χ3n) is 4.86. The predicted molar refractivity (Wildman–Crippen MR) is 83.8 cm³/mol. The molecule has 3 heteroatoms. The lowest BCUT2D eigenvalue weighted by molar-refractivity contribution is -0.128. The third-order valence-corrected chi connectivity index (χ3v) is 5.72. The molecule has 2 aliphatic carbocycles. The largest absolute Gasteiger partial charge is 0.299 e. The van der Waals surface area contributed by atoms with Gasteiger partial charge in [-0.15, -0.1) is 11.3 Å². The van der Waals surface area contributed by atoms with E-state index in [0.717, 1.165) is 25.6 Å². The number of ketones is 1. The zero-order valence-electron chi connectivity index (χ0n) is 12.5. The van der Waals surface area contributed by atoms with Gasteiger partial charge in [0.25, 0.3) is 0 Å². The van der Waals surface area contributed by atoms with E-state index in [2.05, 4.69) is 36.3 Å². The standard InChI is InChI=1S/C17H25NOS/c1-12-8-13(2)16(17(19)9-12)11-18(14-5-6-14)10-15-4-3-7-20-15/h3-4,7,12-14,16H,5-6,8-11H2,1-2H3. The fourth-order valence-electron chi connectivity index (χ4n) is 3.61. The molecular weight excluding hydrogens is 266 g/mol. The molecule has 1 aromatic rings. The minimum Gasteiger partial charge on any atom is -0.299 e. The Hall–Kier alpha value is -0.670. The van der Waals surface area contributed by atoms with Crippen LogP contribution in [0, 0.1) is 17.8 Å². The van der Waals surface area contributed by atoms with Gasteiger partial charge in [-0.05, 0) is 42.5 Å². The molecule has 3 rings (SSSR count). The Morgan fingerprint density at radius 3 is 2.75 bits per heavy atom. The zero-order valence-corrected chi connectivity index (χ0v) is 13.4. The van der Waals surface area contributed by atoms with Gasteiger partial charge in [-0.25, -0.2) is 0 Å². The lowest BCUT2D eigenvalue weighted by atomic mass is 9.74. The average molecular weight is 291 g/mol. The van der Waals surface area contributed by atoms with E-state index in [0.29, 0.717) is 17.6 Å². The zero-order chi connectivity index (χ0) is 14.1. The summed E-state index contributed by atoms with van der Waals surface area (Å²) in [6.45, 7) is 6.51. The van der Waals surface area contributed by atoms with Gasteiger partial charge in [-0.3, -0.25) is 9.69 Å². The molecule has 1 heterocycles. The van der Waals surface area contributed by atoms with Gasteiger partial charge in [0, 0.05) is 36.3 Å². The molecule has 2 nitrogen and oxygen atoms in total. The second-order valence-corrected chi connectivity index (χ2v) is 7.87. The van der Waals surface area contributed by atoms with E-state index in [1.807, 2.05) is 11.3 Å². The summed E-state index contributed by atoms with van der Waals surface area (Å²) in [7, 11) is 0. The predicted octanol–water partition coefficient (Wildman–Crippen LogP) is 3.96. The number of hydrogen-bond donors (Lipinski definition) is 0. The summed E-state index contributed by atoms with van der Waals surface area (Å²) in [5, 5.41) is 2.15. The fourth-order valence-corrected chi connectivity index (χ4v) is 4.34. The van der Waals surface area contributed by atoms with Crippen LogP contribution in [0.4, 0.5) is 0 Å². The topological polar surface area (TPSA) is 20.3 Å². The van der Waals surface area contributed by atoms with Gasteiger partial charge in [-0.2, -0.15) is 0 Å². The van der Waals surface area contributed by atoms with Crippen LogP contribution >= 0.6 is 11.3 Å². The first-order chi connectivity index (χ1) is 9.63. The monoisotopic (exact) mass is 291 g/mol. The quantitative estimate of drug-likeness (QED) is 0.818. The molecule has 0 spiro atoms. The smallest absolute Gasteiger partial charge is 0.137 e. The lowest BCUT2D eigenvalue weighted by Gasteiger charge is -2.35. The molecule has 2 fully saturated rings. The van der Waals surface area contributed by atoms with Crippen LogP contribution in [0.2, 0.25) is 0 Å². The minimum absolute atomic E-state index is 0.270. The number of rotatable bonds is 5.